The van der Waals surface area contributed by atoms with Crippen molar-refractivity contribution >= 4 is 11.8 Å². The third-order valence-electron chi connectivity index (χ3n) is 3.63. The minimum Gasteiger partial charge on any atom is -0.496 e. The van der Waals surface area contributed by atoms with E-state index in [-0.39, 0.29) is 25.0 Å². The highest BCUT2D eigenvalue weighted by Crippen LogP contribution is 2.36. The van der Waals surface area contributed by atoms with Crippen molar-refractivity contribution in [1.82, 2.24) is 0 Å². The molecular weight excluding hydrogens is 270 g/mol. The predicted octanol–water partition coefficient (Wildman–Crippen LogP) is 2.75. The maximum atomic E-state index is 12.9. The van der Waals surface area contributed by atoms with Crippen LogP contribution >= 0.6 is 0 Å². The van der Waals surface area contributed by atoms with Crippen molar-refractivity contribution in [3.63, 3.8) is 0 Å². The van der Waals surface area contributed by atoms with Crippen LogP contribution in [0.4, 0.5) is 0 Å². The maximum Gasteiger partial charge on any atom is 0.319 e. The van der Waals surface area contributed by atoms with Gasteiger partial charge in [-0.2, -0.15) is 5.26 Å². The molecule has 0 fully saturated rings. The topological polar surface area (TPSA) is 76.4 Å². The number of nitrogens with zero attached hydrogens (tertiary/aromatic N) is 1. The molecule has 1 rings (SSSR count). The monoisotopic (exact) mass is 289 g/mol. The molecule has 0 heterocycles. The number of ketones is 1. The summed E-state index contributed by atoms with van der Waals surface area (Å²) in [5, 5.41) is 8.79. The molecule has 5 heteroatoms. The van der Waals surface area contributed by atoms with Crippen molar-refractivity contribution in [3.8, 4) is 11.8 Å². The number of carbonyl (C=O) groups is 2. The molecule has 0 spiro atoms. The lowest BCUT2D eigenvalue weighted by Gasteiger charge is -2.28. The standard InChI is InChI=1S/C16H19NO4/c1-4-16(10-7-11-17,15(19)21-3)14(18)12-8-5-6-9-13(12)20-2/h5-6,8-9H,4,7,10H2,1-3H3. The molecule has 1 unspecified atom stereocenters. The number of hydrogen-bond donors (Lipinski definition) is 0. The van der Waals surface area contributed by atoms with Gasteiger partial charge >= 0.3 is 5.97 Å². The summed E-state index contributed by atoms with van der Waals surface area (Å²) >= 11 is 0. The van der Waals surface area contributed by atoms with Gasteiger partial charge in [0.2, 0.25) is 0 Å². The van der Waals surface area contributed by atoms with Gasteiger partial charge in [-0.1, -0.05) is 19.1 Å². The van der Waals surface area contributed by atoms with Crippen molar-refractivity contribution in [2.24, 2.45) is 5.41 Å². The predicted molar refractivity (Wildman–Crippen MR) is 76.9 cm³/mol. The summed E-state index contributed by atoms with van der Waals surface area (Å²) in [5.41, 5.74) is -1.02. The molecule has 21 heavy (non-hydrogen) atoms. The fraction of sp³-hybridized carbons (Fsp3) is 0.438. The molecule has 0 saturated carbocycles. The first kappa shape index (κ1) is 16.7. The minimum absolute atomic E-state index is 0.101. The first-order valence-corrected chi connectivity index (χ1v) is 6.70. The Bertz CT molecular complexity index is 562. The lowest BCUT2D eigenvalue weighted by molar-refractivity contribution is -0.150. The fourth-order valence-electron chi connectivity index (χ4n) is 2.34. The van der Waals surface area contributed by atoms with E-state index in [9.17, 15) is 9.59 Å². The van der Waals surface area contributed by atoms with Gasteiger partial charge in [0.15, 0.2) is 5.78 Å². The molecule has 1 aromatic rings. The van der Waals surface area contributed by atoms with Gasteiger partial charge in [0, 0.05) is 6.42 Å². The molecule has 0 N–H and O–H groups in total. The molecular formula is C16H19NO4. The third-order valence-corrected chi connectivity index (χ3v) is 3.63. The number of para-hydroxylation sites is 1. The molecule has 0 saturated heterocycles. The van der Waals surface area contributed by atoms with Gasteiger partial charge in [0.1, 0.15) is 11.2 Å². The summed E-state index contributed by atoms with van der Waals surface area (Å²) < 4.78 is 10.00. The molecule has 1 aromatic carbocycles. The van der Waals surface area contributed by atoms with E-state index in [2.05, 4.69) is 0 Å². The summed E-state index contributed by atoms with van der Waals surface area (Å²) in [6.07, 6.45) is 0.492. The minimum atomic E-state index is -1.35. The van der Waals surface area contributed by atoms with Crippen LogP contribution in [0.2, 0.25) is 0 Å². The van der Waals surface area contributed by atoms with Gasteiger partial charge in [-0.05, 0) is 25.0 Å². The maximum absolute atomic E-state index is 12.9. The zero-order valence-electron chi connectivity index (χ0n) is 12.5. The van der Waals surface area contributed by atoms with Gasteiger partial charge in [-0.3, -0.25) is 9.59 Å². The van der Waals surface area contributed by atoms with Crippen LogP contribution in [-0.4, -0.2) is 26.0 Å². The van der Waals surface area contributed by atoms with E-state index in [0.717, 1.165) is 0 Å². The Kier molecular flexibility index (Phi) is 5.92. The third kappa shape index (κ3) is 3.22. The molecule has 0 bridgehead atoms. The highest BCUT2D eigenvalue weighted by molar-refractivity contribution is 6.13. The van der Waals surface area contributed by atoms with Crippen LogP contribution in [0, 0.1) is 16.7 Å². The Morgan fingerprint density at radius 1 is 1.29 bits per heavy atom. The molecule has 0 aliphatic carbocycles. The van der Waals surface area contributed by atoms with Crippen molar-refractivity contribution < 1.29 is 19.1 Å². The van der Waals surface area contributed by atoms with Gasteiger partial charge in [-0.15, -0.1) is 0 Å². The molecule has 5 nitrogen and oxygen atoms in total. The van der Waals surface area contributed by atoms with Crippen LogP contribution in [0.3, 0.4) is 0 Å². The van der Waals surface area contributed by atoms with Gasteiger partial charge in [0.05, 0.1) is 25.9 Å². The largest absolute Gasteiger partial charge is 0.496 e. The van der Waals surface area contributed by atoms with Crippen LogP contribution in [-0.2, 0) is 9.53 Å². The van der Waals surface area contributed by atoms with Crippen LogP contribution in [0.5, 0.6) is 5.75 Å². The first-order chi connectivity index (χ1) is 10.1. The Morgan fingerprint density at radius 2 is 1.95 bits per heavy atom. The van der Waals surface area contributed by atoms with E-state index in [1.54, 1.807) is 31.2 Å². The van der Waals surface area contributed by atoms with Gasteiger partial charge in [-0.25, -0.2) is 0 Å². The summed E-state index contributed by atoms with van der Waals surface area (Å²) in [4.78, 5) is 25.1. The van der Waals surface area contributed by atoms with E-state index in [4.69, 9.17) is 14.7 Å². The lowest BCUT2D eigenvalue weighted by Crippen LogP contribution is -2.40. The highest BCUT2D eigenvalue weighted by atomic mass is 16.5. The number of hydrogen-bond acceptors (Lipinski definition) is 5. The molecule has 0 aliphatic rings. The van der Waals surface area contributed by atoms with Gasteiger partial charge < -0.3 is 9.47 Å². The summed E-state index contributed by atoms with van der Waals surface area (Å²) in [6.45, 7) is 1.74. The van der Waals surface area contributed by atoms with Crippen molar-refractivity contribution in [2.75, 3.05) is 14.2 Å². The number of Topliss-reactive ketones (excluding diaryl/α,β-unsaturated/α-hetero) is 1. The highest BCUT2D eigenvalue weighted by Gasteiger charge is 2.46. The number of methoxy groups -OCH3 is 2. The number of benzene rings is 1. The van der Waals surface area contributed by atoms with Crippen LogP contribution < -0.4 is 4.74 Å². The lowest BCUT2D eigenvalue weighted by atomic mass is 9.74. The second-order valence-electron chi connectivity index (χ2n) is 4.61. The average molecular weight is 289 g/mol. The fourth-order valence-corrected chi connectivity index (χ4v) is 2.34. The van der Waals surface area contributed by atoms with E-state index < -0.39 is 11.4 Å². The zero-order chi connectivity index (χ0) is 15.9. The van der Waals surface area contributed by atoms with Gasteiger partial charge in [0.25, 0.3) is 0 Å². The normalized spacial score (nSPS) is 12.9. The van der Waals surface area contributed by atoms with E-state index in [1.807, 2.05) is 6.07 Å². The summed E-state index contributed by atoms with van der Waals surface area (Å²) in [5.74, 6) is -0.582. The molecule has 1 atom stereocenters. The smallest absolute Gasteiger partial charge is 0.319 e. The Labute approximate surface area is 124 Å². The zero-order valence-corrected chi connectivity index (χ0v) is 12.5. The Morgan fingerprint density at radius 3 is 2.48 bits per heavy atom. The Hall–Kier alpha value is -2.35. The number of carbonyl (C=O) groups excluding carboxylic acids is 2. The summed E-state index contributed by atoms with van der Waals surface area (Å²) in [6, 6.07) is 8.71. The SMILES string of the molecule is CCC(CCC#N)(C(=O)OC)C(=O)c1ccccc1OC. The molecule has 0 radical (unpaired) electrons. The quantitative estimate of drug-likeness (QED) is 0.438. The second kappa shape index (κ2) is 7.44. The molecule has 0 aromatic heterocycles. The number of rotatable bonds is 7. The summed E-state index contributed by atoms with van der Waals surface area (Å²) in [7, 11) is 2.71. The number of esters is 1. The van der Waals surface area contributed by atoms with E-state index in [0.29, 0.717) is 11.3 Å². The Balaban J connectivity index is 3.34. The number of nitriles is 1. The molecule has 112 valence electrons. The molecule has 0 amide bonds. The van der Waals surface area contributed by atoms with Crippen LogP contribution in [0.15, 0.2) is 24.3 Å². The first-order valence-electron chi connectivity index (χ1n) is 6.70. The molecule has 0 aliphatic heterocycles. The van der Waals surface area contributed by atoms with Crippen molar-refractivity contribution in [3.05, 3.63) is 29.8 Å². The second-order valence-corrected chi connectivity index (χ2v) is 4.61. The van der Waals surface area contributed by atoms with Crippen LogP contribution in [0.1, 0.15) is 36.5 Å². The van der Waals surface area contributed by atoms with Crippen molar-refractivity contribution in [2.45, 2.75) is 26.2 Å². The van der Waals surface area contributed by atoms with E-state index >= 15 is 0 Å². The van der Waals surface area contributed by atoms with Crippen molar-refractivity contribution in [1.29, 1.82) is 5.26 Å². The van der Waals surface area contributed by atoms with E-state index in [1.165, 1.54) is 14.2 Å². The van der Waals surface area contributed by atoms with Crippen LogP contribution in [0.25, 0.3) is 0 Å². The average Bonchev–Trinajstić information content (AvgIpc) is 2.55. The number of ether oxygens (including phenoxy) is 2.